The maximum Gasteiger partial charge on any atom is 0.131 e. The zero-order valence-corrected chi connectivity index (χ0v) is 9.96. The third kappa shape index (κ3) is 2.80. The number of nitrogens with zero attached hydrogens (tertiary/aromatic N) is 1. The minimum atomic E-state index is -0.00100. The van der Waals surface area contributed by atoms with Gasteiger partial charge in [0.2, 0.25) is 0 Å². The molecule has 0 aliphatic carbocycles. The lowest BCUT2D eigenvalue weighted by Gasteiger charge is -2.18. The van der Waals surface area contributed by atoms with Crippen LogP contribution in [0.3, 0.4) is 0 Å². The minimum Gasteiger partial charge on any atom is -0.372 e. The van der Waals surface area contributed by atoms with Gasteiger partial charge in [0, 0.05) is 18.0 Å². The molecule has 0 radical (unpaired) electrons. The first kappa shape index (κ1) is 11.2. The second kappa shape index (κ2) is 4.09. The molecule has 3 nitrogen and oxygen atoms in total. The van der Waals surface area contributed by atoms with Crippen LogP contribution in [0.1, 0.15) is 33.5 Å². The molecule has 0 spiro atoms. The molecule has 1 rings (SSSR count). The molecule has 0 aromatic carbocycles. The summed E-state index contributed by atoms with van der Waals surface area (Å²) in [6, 6.07) is 1.84. The number of hydrogen-bond donors (Lipinski definition) is 2. The molecule has 2 N–H and O–H groups in total. The highest BCUT2D eigenvalue weighted by Crippen LogP contribution is 2.19. The van der Waals surface area contributed by atoms with Crippen molar-refractivity contribution in [2.45, 2.75) is 33.1 Å². The summed E-state index contributed by atoms with van der Waals surface area (Å²) in [5.74, 6) is 1.86. The molecule has 4 heteroatoms. The van der Waals surface area contributed by atoms with Gasteiger partial charge in [-0.15, -0.1) is 0 Å². The molecule has 0 aliphatic heterocycles. The third-order valence-corrected chi connectivity index (χ3v) is 2.03. The van der Waals surface area contributed by atoms with E-state index in [4.69, 9.17) is 12.2 Å². The van der Waals surface area contributed by atoms with E-state index >= 15 is 0 Å². The Balaban J connectivity index is 3.14. The first-order valence-corrected chi connectivity index (χ1v) is 5.20. The predicted octanol–water partition coefficient (Wildman–Crippen LogP) is 2.87. The molecule has 0 saturated heterocycles. The van der Waals surface area contributed by atoms with Crippen LogP contribution in [0.25, 0.3) is 0 Å². The summed E-state index contributed by atoms with van der Waals surface area (Å²) in [5.41, 5.74) is -0.00100. The number of rotatable bonds is 2. The van der Waals surface area contributed by atoms with Gasteiger partial charge in [-0.25, -0.2) is 4.98 Å². The Kier molecular flexibility index (Phi) is 3.26. The van der Waals surface area contributed by atoms with Crippen molar-refractivity contribution in [3.8, 4) is 0 Å². The fourth-order valence-electron chi connectivity index (χ4n) is 1.10. The Morgan fingerprint density at radius 2 is 2.14 bits per heavy atom. The lowest BCUT2D eigenvalue weighted by molar-refractivity contribution is 0.545. The van der Waals surface area contributed by atoms with Gasteiger partial charge in [0.15, 0.2) is 0 Å². The minimum absolute atomic E-state index is 0.00100. The largest absolute Gasteiger partial charge is 0.372 e. The lowest BCUT2D eigenvalue weighted by Crippen LogP contribution is -2.17. The Hall–Kier alpha value is -0.900. The van der Waals surface area contributed by atoms with Gasteiger partial charge < -0.3 is 10.3 Å². The maximum atomic E-state index is 5.10. The first-order chi connectivity index (χ1) is 6.43. The Morgan fingerprint density at radius 3 is 2.64 bits per heavy atom. The van der Waals surface area contributed by atoms with Gasteiger partial charge in [0.1, 0.15) is 16.3 Å². The van der Waals surface area contributed by atoms with Gasteiger partial charge in [0.25, 0.3) is 0 Å². The second-order valence-corrected chi connectivity index (χ2v) is 4.68. The van der Waals surface area contributed by atoms with Crippen molar-refractivity contribution in [3.05, 3.63) is 16.5 Å². The van der Waals surface area contributed by atoms with Crippen molar-refractivity contribution in [1.29, 1.82) is 0 Å². The summed E-state index contributed by atoms with van der Waals surface area (Å²) in [6.45, 7) is 9.25. The van der Waals surface area contributed by atoms with Crippen LogP contribution in [-0.4, -0.2) is 16.5 Å². The molecule has 0 amide bonds. The van der Waals surface area contributed by atoms with Crippen molar-refractivity contribution in [2.75, 3.05) is 11.9 Å². The van der Waals surface area contributed by atoms with E-state index in [1.807, 2.05) is 13.0 Å². The van der Waals surface area contributed by atoms with E-state index in [0.29, 0.717) is 4.64 Å². The van der Waals surface area contributed by atoms with E-state index in [2.05, 4.69) is 36.1 Å². The molecule has 1 aromatic heterocycles. The van der Waals surface area contributed by atoms with Crippen molar-refractivity contribution in [3.63, 3.8) is 0 Å². The van der Waals surface area contributed by atoms with Crippen LogP contribution in [0.2, 0.25) is 0 Å². The Morgan fingerprint density at radius 1 is 1.50 bits per heavy atom. The van der Waals surface area contributed by atoms with Crippen molar-refractivity contribution in [1.82, 2.24) is 9.97 Å². The molecule has 0 unspecified atom stereocenters. The van der Waals surface area contributed by atoms with Crippen molar-refractivity contribution < 1.29 is 0 Å². The van der Waals surface area contributed by atoms with Crippen LogP contribution < -0.4 is 5.32 Å². The molecule has 1 heterocycles. The fourth-order valence-corrected chi connectivity index (χ4v) is 1.31. The topological polar surface area (TPSA) is 40.7 Å². The highest BCUT2D eigenvalue weighted by atomic mass is 32.1. The summed E-state index contributed by atoms with van der Waals surface area (Å²) in [5, 5.41) is 3.20. The van der Waals surface area contributed by atoms with Gasteiger partial charge in [0.05, 0.1) is 0 Å². The summed E-state index contributed by atoms with van der Waals surface area (Å²) < 4.78 is 0.629. The molecule has 1 aromatic rings. The zero-order valence-electron chi connectivity index (χ0n) is 9.14. The van der Waals surface area contributed by atoms with Crippen LogP contribution in [0, 0.1) is 4.64 Å². The molecule has 14 heavy (non-hydrogen) atoms. The summed E-state index contributed by atoms with van der Waals surface area (Å²) >= 11 is 5.10. The van der Waals surface area contributed by atoms with E-state index in [1.165, 1.54) is 0 Å². The first-order valence-electron chi connectivity index (χ1n) is 4.79. The number of aromatic amines is 1. The highest BCUT2D eigenvalue weighted by Gasteiger charge is 2.16. The van der Waals surface area contributed by atoms with E-state index in [1.54, 1.807) is 0 Å². The monoisotopic (exact) mass is 211 g/mol. The van der Waals surface area contributed by atoms with Gasteiger partial charge in [-0.05, 0) is 6.92 Å². The van der Waals surface area contributed by atoms with Crippen LogP contribution in [0.5, 0.6) is 0 Å². The van der Waals surface area contributed by atoms with E-state index in [9.17, 15) is 0 Å². The van der Waals surface area contributed by atoms with E-state index in [-0.39, 0.29) is 5.41 Å². The average molecular weight is 211 g/mol. The van der Waals surface area contributed by atoms with Crippen molar-refractivity contribution >= 4 is 18.0 Å². The number of anilines is 1. The van der Waals surface area contributed by atoms with Gasteiger partial charge in [-0.3, -0.25) is 0 Å². The van der Waals surface area contributed by atoms with Gasteiger partial charge in [-0.1, -0.05) is 33.0 Å². The van der Waals surface area contributed by atoms with Gasteiger partial charge in [-0.2, -0.15) is 0 Å². The molecule has 0 saturated carbocycles. The number of H-pyrrole nitrogens is 1. The molecular formula is C10H17N3S. The fraction of sp³-hybridized carbons (Fsp3) is 0.600. The van der Waals surface area contributed by atoms with E-state index < -0.39 is 0 Å². The number of aromatic nitrogens is 2. The quantitative estimate of drug-likeness (QED) is 0.739. The van der Waals surface area contributed by atoms with Crippen LogP contribution in [0.4, 0.5) is 5.82 Å². The van der Waals surface area contributed by atoms with Crippen LogP contribution >= 0.6 is 12.2 Å². The molecule has 0 aliphatic rings. The molecule has 0 atom stereocenters. The standard InChI is InChI=1S/C10H17N3S/c1-5-11-7-6-8(14)13-9(12-7)10(2,3)4/h6H,5H2,1-4H3,(H2,11,12,13,14). The highest BCUT2D eigenvalue weighted by molar-refractivity contribution is 7.71. The van der Waals surface area contributed by atoms with Gasteiger partial charge >= 0.3 is 0 Å². The van der Waals surface area contributed by atoms with Crippen LogP contribution in [-0.2, 0) is 5.41 Å². The molecule has 0 fully saturated rings. The smallest absolute Gasteiger partial charge is 0.131 e. The molecule has 0 bridgehead atoms. The summed E-state index contributed by atoms with van der Waals surface area (Å²) in [6.07, 6.45) is 0. The third-order valence-electron chi connectivity index (χ3n) is 1.82. The average Bonchev–Trinajstić information content (AvgIpc) is 2.02. The summed E-state index contributed by atoms with van der Waals surface area (Å²) in [4.78, 5) is 7.54. The maximum absolute atomic E-state index is 5.10. The normalized spacial score (nSPS) is 11.4. The molecule has 78 valence electrons. The summed E-state index contributed by atoms with van der Waals surface area (Å²) in [7, 11) is 0. The van der Waals surface area contributed by atoms with Crippen molar-refractivity contribution in [2.24, 2.45) is 0 Å². The SMILES string of the molecule is CCNc1cc(=S)nc(C(C)(C)C)[nH]1. The number of nitrogens with one attached hydrogen (secondary N) is 2. The predicted molar refractivity (Wildman–Crippen MR) is 62.3 cm³/mol. The zero-order chi connectivity index (χ0) is 10.8. The second-order valence-electron chi connectivity index (χ2n) is 4.26. The van der Waals surface area contributed by atoms with Crippen LogP contribution in [0.15, 0.2) is 6.07 Å². The number of hydrogen-bond acceptors (Lipinski definition) is 3. The Bertz CT molecular complexity index is 362. The van der Waals surface area contributed by atoms with E-state index in [0.717, 1.165) is 18.2 Å². The molecular weight excluding hydrogens is 194 g/mol. The lowest BCUT2D eigenvalue weighted by atomic mass is 9.96. The Labute approximate surface area is 90.0 Å².